The van der Waals surface area contributed by atoms with Crippen LogP contribution in [0.5, 0.6) is 5.75 Å². The van der Waals surface area contributed by atoms with E-state index in [0.717, 1.165) is 31.5 Å². The minimum Gasteiger partial charge on any atom is -0.493 e. The summed E-state index contributed by atoms with van der Waals surface area (Å²) in [6.45, 7) is 6.12. The average molecular weight is 501 g/mol. The largest absolute Gasteiger partial charge is 0.493 e. The van der Waals surface area contributed by atoms with Crippen LogP contribution in [0.15, 0.2) is 27.9 Å². The number of aromatic amines is 1. The van der Waals surface area contributed by atoms with Crippen molar-refractivity contribution in [2.75, 3.05) is 32.8 Å². The summed E-state index contributed by atoms with van der Waals surface area (Å²) in [7, 11) is -3.65. The van der Waals surface area contributed by atoms with Gasteiger partial charge in [-0.25, -0.2) is 27.6 Å². The van der Waals surface area contributed by atoms with Crippen LogP contribution < -0.4 is 15.7 Å². The van der Waals surface area contributed by atoms with Gasteiger partial charge in [0.2, 0.25) is 10.0 Å². The molecule has 1 aliphatic heterocycles. The van der Waals surface area contributed by atoms with Gasteiger partial charge in [-0.1, -0.05) is 19.3 Å². The molecule has 0 amide bonds. The summed E-state index contributed by atoms with van der Waals surface area (Å²) in [5, 5.41) is 3.17. The standard InChI is InChI=1S/C24H32N6O4S/c1-3-34-20-15-18(35(32,33)29-13-11-25-12-14-29)9-10-19(20)21-27-22-16(2)26-23(30(22)24(31)28-21)17-7-5-4-6-8-17/h9-10,15,17,25H,3-8,11-14H2,1-2H3,(H,27,28,31). The third-order valence-electron chi connectivity index (χ3n) is 6.88. The molecule has 1 aliphatic carbocycles. The lowest BCUT2D eigenvalue weighted by Crippen LogP contribution is -2.46. The maximum atomic E-state index is 13.2. The predicted molar refractivity (Wildman–Crippen MR) is 132 cm³/mol. The Labute approximate surface area is 204 Å². The lowest BCUT2D eigenvalue weighted by atomic mass is 9.89. The summed E-state index contributed by atoms with van der Waals surface area (Å²) >= 11 is 0. The number of piperazine rings is 1. The normalized spacial score (nSPS) is 18.2. The SMILES string of the molecule is CCOc1cc(S(=O)(=O)N2CCNCC2)ccc1-c1nc2c(C)nc(C3CCCCC3)n2c(=O)[nH]1. The number of benzene rings is 1. The topological polar surface area (TPSA) is 122 Å². The zero-order valence-electron chi connectivity index (χ0n) is 20.2. The summed E-state index contributed by atoms with van der Waals surface area (Å²) < 4.78 is 35.2. The van der Waals surface area contributed by atoms with Gasteiger partial charge in [0.05, 0.1) is 22.8 Å². The first-order chi connectivity index (χ1) is 16.9. The van der Waals surface area contributed by atoms with E-state index in [1.807, 2.05) is 13.8 Å². The number of aryl methyl sites for hydroxylation is 1. The monoisotopic (exact) mass is 500 g/mol. The Balaban J connectivity index is 1.57. The molecule has 1 saturated carbocycles. The van der Waals surface area contributed by atoms with Gasteiger partial charge in [-0.3, -0.25) is 4.98 Å². The van der Waals surface area contributed by atoms with Gasteiger partial charge in [-0.2, -0.15) is 4.31 Å². The van der Waals surface area contributed by atoms with Crippen molar-refractivity contribution in [1.29, 1.82) is 0 Å². The molecule has 10 nitrogen and oxygen atoms in total. The van der Waals surface area contributed by atoms with Gasteiger partial charge in [0, 0.05) is 38.2 Å². The van der Waals surface area contributed by atoms with E-state index in [9.17, 15) is 13.2 Å². The molecule has 11 heteroatoms. The number of sulfonamides is 1. The van der Waals surface area contributed by atoms with Gasteiger partial charge in [-0.15, -0.1) is 0 Å². The Morgan fingerprint density at radius 1 is 1.11 bits per heavy atom. The highest BCUT2D eigenvalue weighted by Gasteiger charge is 2.28. The molecule has 1 saturated heterocycles. The van der Waals surface area contributed by atoms with E-state index in [0.29, 0.717) is 61.3 Å². The van der Waals surface area contributed by atoms with Crippen molar-refractivity contribution in [2.24, 2.45) is 0 Å². The van der Waals surface area contributed by atoms with E-state index in [4.69, 9.17) is 14.7 Å². The van der Waals surface area contributed by atoms with Crippen LogP contribution in [0.2, 0.25) is 0 Å². The first-order valence-electron chi connectivity index (χ1n) is 12.4. The van der Waals surface area contributed by atoms with Gasteiger partial charge in [-0.05, 0) is 38.8 Å². The van der Waals surface area contributed by atoms with Crippen LogP contribution >= 0.6 is 0 Å². The summed E-state index contributed by atoms with van der Waals surface area (Å²) in [6, 6.07) is 4.73. The molecule has 0 bridgehead atoms. The number of nitrogens with zero attached hydrogens (tertiary/aromatic N) is 4. The molecule has 1 aromatic carbocycles. The van der Waals surface area contributed by atoms with Gasteiger partial charge in [0.15, 0.2) is 5.65 Å². The Kier molecular flexibility index (Phi) is 6.65. The number of ether oxygens (including phenoxy) is 1. The molecule has 5 rings (SSSR count). The van der Waals surface area contributed by atoms with Crippen LogP contribution in [0.3, 0.4) is 0 Å². The number of nitrogens with one attached hydrogen (secondary N) is 2. The van der Waals surface area contributed by atoms with E-state index in [1.165, 1.54) is 16.8 Å². The highest BCUT2D eigenvalue weighted by atomic mass is 32.2. The maximum absolute atomic E-state index is 13.2. The summed E-state index contributed by atoms with van der Waals surface area (Å²) in [6.07, 6.45) is 5.55. The van der Waals surface area contributed by atoms with E-state index >= 15 is 0 Å². The second-order valence-electron chi connectivity index (χ2n) is 9.18. The molecule has 0 unspecified atom stereocenters. The zero-order valence-corrected chi connectivity index (χ0v) is 21.0. The molecule has 2 fully saturated rings. The van der Waals surface area contributed by atoms with Crippen molar-refractivity contribution in [1.82, 2.24) is 29.0 Å². The van der Waals surface area contributed by atoms with Crippen LogP contribution in [0.4, 0.5) is 0 Å². The van der Waals surface area contributed by atoms with E-state index in [1.54, 1.807) is 16.5 Å². The summed E-state index contributed by atoms with van der Waals surface area (Å²) in [5.74, 6) is 1.73. The lowest BCUT2D eigenvalue weighted by Gasteiger charge is -2.26. The van der Waals surface area contributed by atoms with Crippen molar-refractivity contribution in [3.05, 3.63) is 40.2 Å². The second kappa shape index (κ2) is 9.71. The van der Waals surface area contributed by atoms with Gasteiger partial charge < -0.3 is 10.1 Å². The highest BCUT2D eigenvalue weighted by Crippen LogP contribution is 2.34. The molecule has 0 atom stereocenters. The maximum Gasteiger partial charge on any atom is 0.334 e. The number of hydrogen-bond donors (Lipinski definition) is 2. The van der Waals surface area contributed by atoms with Gasteiger partial charge >= 0.3 is 5.69 Å². The number of rotatable bonds is 6. The van der Waals surface area contributed by atoms with E-state index < -0.39 is 10.0 Å². The third-order valence-corrected chi connectivity index (χ3v) is 8.78. The molecule has 35 heavy (non-hydrogen) atoms. The molecule has 2 aliphatic rings. The van der Waals surface area contributed by atoms with E-state index in [-0.39, 0.29) is 16.5 Å². The fourth-order valence-corrected chi connectivity index (χ4v) is 6.55. The molecule has 2 aromatic heterocycles. The lowest BCUT2D eigenvalue weighted by molar-refractivity contribution is 0.339. The number of imidazole rings is 1. The Morgan fingerprint density at radius 3 is 2.57 bits per heavy atom. The van der Waals surface area contributed by atoms with Gasteiger partial charge in [0.25, 0.3) is 0 Å². The zero-order chi connectivity index (χ0) is 24.6. The quantitative estimate of drug-likeness (QED) is 0.533. The van der Waals surface area contributed by atoms with Gasteiger partial charge in [0.1, 0.15) is 17.4 Å². The predicted octanol–water partition coefficient (Wildman–Crippen LogP) is 2.43. The summed E-state index contributed by atoms with van der Waals surface area (Å²) in [5.41, 5.74) is 1.45. The van der Waals surface area contributed by atoms with Crippen LogP contribution in [0.25, 0.3) is 17.0 Å². The smallest absolute Gasteiger partial charge is 0.334 e. The molecule has 3 heterocycles. The van der Waals surface area contributed by atoms with Crippen LogP contribution in [-0.4, -0.2) is 64.9 Å². The molecular weight excluding hydrogens is 468 g/mol. The fraction of sp³-hybridized carbons (Fsp3) is 0.542. The highest BCUT2D eigenvalue weighted by molar-refractivity contribution is 7.89. The Hall–Kier alpha value is -2.76. The second-order valence-corrected chi connectivity index (χ2v) is 11.1. The first-order valence-corrected chi connectivity index (χ1v) is 13.8. The van der Waals surface area contributed by atoms with Crippen molar-refractivity contribution in [3.63, 3.8) is 0 Å². The molecule has 3 aromatic rings. The Morgan fingerprint density at radius 2 is 1.86 bits per heavy atom. The third kappa shape index (κ3) is 4.48. The van der Waals surface area contributed by atoms with Crippen molar-refractivity contribution >= 4 is 15.7 Å². The molecular formula is C24H32N6O4S. The van der Waals surface area contributed by atoms with Crippen LogP contribution in [-0.2, 0) is 10.0 Å². The number of fused-ring (bicyclic) bond motifs is 1. The summed E-state index contributed by atoms with van der Waals surface area (Å²) in [4.78, 5) is 25.7. The first kappa shape index (κ1) is 24.0. The molecule has 0 radical (unpaired) electrons. The number of hydrogen-bond acceptors (Lipinski definition) is 7. The van der Waals surface area contributed by atoms with Crippen LogP contribution in [0, 0.1) is 6.92 Å². The minimum atomic E-state index is -3.65. The molecule has 0 spiro atoms. The van der Waals surface area contributed by atoms with Crippen molar-refractivity contribution < 1.29 is 13.2 Å². The fourth-order valence-electron chi connectivity index (χ4n) is 5.09. The molecule has 188 valence electrons. The number of aromatic nitrogens is 4. The van der Waals surface area contributed by atoms with E-state index in [2.05, 4.69) is 10.3 Å². The van der Waals surface area contributed by atoms with Crippen molar-refractivity contribution in [3.8, 4) is 17.1 Å². The average Bonchev–Trinajstić information content (AvgIpc) is 3.22. The van der Waals surface area contributed by atoms with Crippen LogP contribution in [0.1, 0.15) is 56.5 Å². The Bertz CT molecular complexity index is 1380. The van der Waals surface area contributed by atoms with Crippen molar-refractivity contribution in [2.45, 2.75) is 56.8 Å². The molecule has 2 N–H and O–H groups in total. The minimum absolute atomic E-state index is 0.162. The number of H-pyrrole nitrogens is 1.